The summed E-state index contributed by atoms with van der Waals surface area (Å²) in [4.78, 5) is 12.6. The van der Waals surface area contributed by atoms with Crippen LogP contribution in [0.1, 0.15) is 18.1 Å². The third-order valence-corrected chi connectivity index (χ3v) is 7.69. The van der Waals surface area contributed by atoms with Gasteiger partial charge in [-0.15, -0.1) is 0 Å². The molecule has 4 rings (SSSR count). The fraction of sp³-hybridized carbons (Fsp3) is 0.154. The van der Waals surface area contributed by atoms with E-state index >= 15 is 0 Å². The highest BCUT2D eigenvalue weighted by Gasteiger charge is 2.29. The highest BCUT2D eigenvalue weighted by molar-refractivity contribution is 7.92. The lowest BCUT2D eigenvalue weighted by molar-refractivity contribution is -0.120. The zero-order chi connectivity index (χ0) is 24.1. The zero-order valence-electron chi connectivity index (χ0n) is 18.6. The van der Waals surface area contributed by atoms with Crippen molar-refractivity contribution in [3.05, 3.63) is 108 Å². The van der Waals surface area contributed by atoms with Crippen molar-refractivity contribution in [2.45, 2.75) is 30.2 Å². The second-order valence-electron chi connectivity index (χ2n) is 7.92. The number of hydrogen-bond acceptors (Lipinski definition) is 4. The number of rotatable bonds is 8. The summed E-state index contributed by atoms with van der Waals surface area (Å²) in [6.45, 7) is 2.18. The smallest absolute Gasteiger partial charge is 0.238 e. The predicted molar refractivity (Wildman–Crippen MR) is 128 cm³/mol. The molecule has 0 radical (unpaired) electrons. The van der Waals surface area contributed by atoms with Crippen molar-refractivity contribution in [1.82, 2.24) is 15.1 Å². The van der Waals surface area contributed by atoms with Crippen molar-refractivity contribution >= 4 is 15.7 Å². The first-order valence-corrected chi connectivity index (χ1v) is 12.3. The van der Waals surface area contributed by atoms with Crippen LogP contribution in [0.2, 0.25) is 0 Å². The largest absolute Gasteiger partial charge is 0.351 e. The third kappa shape index (κ3) is 5.23. The van der Waals surface area contributed by atoms with Crippen LogP contribution in [0.5, 0.6) is 0 Å². The summed E-state index contributed by atoms with van der Waals surface area (Å²) in [6.07, 6.45) is 3.65. The summed E-state index contributed by atoms with van der Waals surface area (Å²) in [5.41, 5.74) is 3.91. The lowest BCUT2D eigenvalue weighted by Crippen LogP contribution is -2.37. The van der Waals surface area contributed by atoms with Gasteiger partial charge in [-0.1, -0.05) is 48.5 Å². The molecule has 174 valence electrons. The molecule has 1 atom stereocenters. The van der Waals surface area contributed by atoms with Gasteiger partial charge in [-0.05, 0) is 59.5 Å². The number of aromatic nitrogens is 2. The number of nitrogens with one attached hydrogen (secondary N) is 1. The van der Waals surface area contributed by atoms with E-state index in [9.17, 15) is 17.6 Å². The first kappa shape index (κ1) is 23.4. The van der Waals surface area contributed by atoms with Crippen molar-refractivity contribution in [3.63, 3.8) is 0 Å². The molecule has 6 nitrogen and oxygen atoms in total. The van der Waals surface area contributed by atoms with Gasteiger partial charge in [0.05, 0.1) is 11.4 Å². The minimum Gasteiger partial charge on any atom is -0.351 e. The van der Waals surface area contributed by atoms with Crippen molar-refractivity contribution in [2.75, 3.05) is 0 Å². The van der Waals surface area contributed by atoms with Crippen LogP contribution in [-0.2, 0) is 27.7 Å². The zero-order valence-corrected chi connectivity index (χ0v) is 19.4. The molecule has 0 aliphatic rings. The Morgan fingerprint density at radius 2 is 1.71 bits per heavy atom. The lowest BCUT2D eigenvalue weighted by atomic mass is 9.98. The van der Waals surface area contributed by atoms with Crippen LogP contribution >= 0.6 is 0 Å². The Bertz CT molecular complexity index is 1370. The van der Waals surface area contributed by atoms with Crippen LogP contribution < -0.4 is 5.32 Å². The van der Waals surface area contributed by atoms with Gasteiger partial charge in [0.15, 0.2) is 9.84 Å². The van der Waals surface area contributed by atoms with Gasteiger partial charge in [-0.25, -0.2) is 12.8 Å². The van der Waals surface area contributed by atoms with Gasteiger partial charge in [-0.2, -0.15) is 5.10 Å². The lowest BCUT2D eigenvalue weighted by Gasteiger charge is -2.15. The van der Waals surface area contributed by atoms with E-state index in [1.54, 1.807) is 6.20 Å². The molecule has 0 fully saturated rings. The van der Waals surface area contributed by atoms with Crippen molar-refractivity contribution in [3.8, 4) is 11.1 Å². The molecule has 0 aliphatic heterocycles. The van der Waals surface area contributed by atoms with Crippen LogP contribution in [0.4, 0.5) is 4.39 Å². The quantitative estimate of drug-likeness (QED) is 0.386. The van der Waals surface area contributed by atoms with E-state index in [1.165, 1.54) is 19.1 Å². The number of amides is 1. The second-order valence-corrected chi connectivity index (χ2v) is 10.2. The number of halogens is 1. The van der Waals surface area contributed by atoms with E-state index in [4.69, 9.17) is 0 Å². The second kappa shape index (κ2) is 10.0. The first-order valence-electron chi connectivity index (χ1n) is 10.8. The average Bonchev–Trinajstić information content (AvgIpc) is 3.36. The van der Waals surface area contributed by atoms with Crippen molar-refractivity contribution in [2.24, 2.45) is 0 Å². The third-order valence-electron chi connectivity index (χ3n) is 5.62. The molecule has 0 spiro atoms. The summed E-state index contributed by atoms with van der Waals surface area (Å²) < 4.78 is 40.5. The maximum absolute atomic E-state index is 13.1. The molecule has 4 aromatic rings. The molecular weight excluding hydrogens is 453 g/mol. The summed E-state index contributed by atoms with van der Waals surface area (Å²) in [7, 11) is -3.93. The topological polar surface area (TPSA) is 81.1 Å². The highest BCUT2D eigenvalue weighted by atomic mass is 32.2. The van der Waals surface area contributed by atoms with Gasteiger partial charge >= 0.3 is 0 Å². The van der Waals surface area contributed by atoms with Crippen LogP contribution in [0.15, 0.2) is 96.2 Å². The maximum atomic E-state index is 13.1. The molecule has 1 N–H and O–H groups in total. The Balaban J connectivity index is 1.46. The predicted octanol–water partition coefficient (Wildman–Crippen LogP) is 4.22. The standard InChI is InChI=1S/C26H24FN3O3S/c1-19(34(32,33)24-13-11-23(27)12-14-24)26(31)28-17-22-5-2-3-6-25(22)21-9-7-20(8-10-21)18-30-16-4-15-29-30/h2-16,19H,17-18H2,1H3,(H,28,31). The maximum Gasteiger partial charge on any atom is 0.238 e. The number of sulfone groups is 1. The van der Waals surface area contributed by atoms with Crippen molar-refractivity contribution in [1.29, 1.82) is 0 Å². The van der Waals surface area contributed by atoms with E-state index in [0.717, 1.165) is 34.4 Å². The van der Waals surface area contributed by atoms with E-state index in [1.807, 2.05) is 65.5 Å². The molecular formula is C26H24FN3O3S. The normalized spacial score (nSPS) is 12.3. The van der Waals surface area contributed by atoms with E-state index < -0.39 is 26.8 Å². The van der Waals surface area contributed by atoms with E-state index in [2.05, 4.69) is 10.4 Å². The Hall–Kier alpha value is -3.78. The van der Waals surface area contributed by atoms with E-state index in [0.29, 0.717) is 6.54 Å². The summed E-state index contributed by atoms with van der Waals surface area (Å²) in [6, 6.07) is 22.1. The number of carbonyl (C=O) groups is 1. The molecule has 0 saturated carbocycles. The van der Waals surface area contributed by atoms with E-state index in [-0.39, 0.29) is 11.4 Å². The molecule has 0 aliphatic carbocycles. The van der Waals surface area contributed by atoms with Gasteiger partial charge in [-0.3, -0.25) is 9.48 Å². The van der Waals surface area contributed by atoms with Crippen LogP contribution in [-0.4, -0.2) is 29.4 Å². The number of nitrogens with zero attached hydrogens (tertiary/aromatic N) is 2. The van der Waals surface area contributed by atoms with Crippen LogP contribution in [0.25, 0.3) is 11.1 Å². The number of hydrogen-bond donors (Lipinski definition) is 1. The fourth-order valence-corrected chi connectivity index (χ4v) is 4.91. The van der Waals surface area contributed by atoms with Gasteiger partial charge in [0.25, 0.3) is 0 Å². The van der Waals surface area contributed by atoms with Crippen LogP contribution in [0.3, 0.4) is 0 Å². The molecule has 0 saturated heterocycles. The molecule has 0 bridgehead atoms. The molecule has 1 amide bonds. The van der Waals surface area contributed by atoms with Gasteiger partial charge in [0.1, 0.15) is 11.1 Å². The summed E-state index contributed by atoms with van der Waals surface area (Å²) in [5.74, 6) is -1.16. The Morgan fingerprint density at radius 3 is 2.38 bits per heavy atom. The molecule has 1 heterocycles. The van der Waals surface area contributed by atoms with Gasteiger partial charge in [0.2, 0.25) is 5.91 Å². The molecule has 1 unspecified atom stereocenters. The molecule has 3 aromatic carbocycles. The van der Waals surface area contributed by atoms with Crippen LogP contribution in [0, 0.1) is 5.82 Å². The monoisotopic (exact) mass is 477 g/mol. The first-order chi connectivity index (χ1) is 16.3. The summed E-state index contributed by atoms with van der Waals surface area (Å²) in [5, 5.41) is 5.64. The SMILES string of the molecule is CC(C(=O)NCc1ccccc1-c1ccc(Cn2cccn2)cc1)S(=O)(=O)c1ccc(F)cc1. The average molecular weight is 478 g/mol. The minimum atomic E-state index is -3.93. The number of benzene rings is 3. The highest BCUT2D eigenvalue weighted by Crippen LogP contribution is 2.25. The summed E-state index contributed by atoms with van der Waals surface area (Å²) >= 11 is 0. The Morgan fingerprint density at radius 1 is 1.00 bits per heavy atom. The molecule has 34 heavy (non-hydrogen) atoms. The molecule has 8 heteroatoms. The van der Waals surface area contributed by atoms with Gasteiger partial charge < -0.3 is 5.32 Å². The minimum absolute atomic E-state index is 0.0906. The Kier molecular flexibility index (Phi) is 6.88. The number of carbonyl (C=O) groups excluding carboxylic acids is 1. The Labute approximate surface area is 198 Å². The van der Waals surface area contributed by atoms with Crippen molar-refractivity contribution < 1.29 is 17.6 Å². The molecule has 1 aromatic heterocycles. The fourth-order valence-electron chi connectivity index (χ4n) is 3.62. The van der Waals surface area contributed by atoms with Gasteiger partial charge in [0, 0.05) is 18.9 Å².